The number of methoxy groups -OCH3 is 1. The highest BCUT2D eigenvalue weighted by atomic mass is 32.2. The molecule has 0 unspecified atom stereocenters. The van der Waals surface area contributed by atoms with Crippen molar-refractivity contribution in [3.8, 4) is 5.75 Å². The van der Waals surface area contributed by atoms with Crippen LogP contribution >= 0.6 is 11.8 Å². The summed E-state index contributed by atoms with van der Waals surface area (Å²) in [7, 11) is -2.22. The van der Waals surface area contributed by atoms with Gasteiger partial charge in [-0.2, -0.15) is 11.8 Å². The average Bonchev–Trinajstić information content (AvgIpc) is 2.49. The van der Waals surface area contributed by atoms with Gasteiger partial charge < -0.3 is 10.5 Å². The van der Waals surface area contributed by atoms with Crippen LogP contribution in [0.2, 0.25) is 0 Å². The fourth-order valence-electron chi connectivity index (χ4n) is 2.07. The summed E-state index contributed by atoms with van der Waals surface area (Å²) in [6, 6.07) is 4.59. The molecule has 7 heteroatoms. The highest BCUT2D eigenvalue weighted by molar-refractivity contribution is 8.00. The first-order valence-corrected chi connectivity index (χ1v) is 9.53. The van der Waals surface area contributed by atoms with Gasteiger partial charge in [-0.05, 0) is 37.3 Å². The van der Waals surface area contributed by atoms with Crippen LogP contribution in [0.25, 0.3) is 0 Å². The van der Waals surface area contributed by atoms with E-state index < -0.39 is 10.0 Å². The molecule has 0 aliphatic carbocycles. The SMILES string of the molecule is CCC(CC)(CNS(=O)(=O)c1cc(N)ccc1OC)SC. The Morgan fingerprint density at radius 3 is 2.43 bits per heavy atom. The lowest BCUT2D eigenvalue weighted by Crippen LogP contribution is -2.39. The second kappa shape index (κ2) is 7.38. The summed E-state index contributed by atoms with van der Waals surface area (Å²) in [6.45, 7) is 4.51. The molecule has 0 fully saturated rings. The highest BCUT2D eigenvalue weighted by Gasteiger charge is 2.28. The number of hydrogen-bond acceptors (Lipinski definition) is 5. The van der Waals surface area contributed by atoms with Gasteiger partial charge >= 0.3 is 0 Å². The van der Waals surface area contributed by atoms with E-state index in [1.807, 2.05) is 6.26 Å². The maximum Gasteiger partial charge on any atom is 0.244 e. The third-order valence-corrected chi connectivity index (χ3v) is 6.79. The number of ether oxygens (including phenoxy) is 1. The molecule has 0 atom stereocenters. The molecular formula is C14H24N2O3S2. The second-order valence-electron chi connectivity index (χ2n) is 4.83. The molecule has 0 saturated carbocycles. The van der Waals surface area contributed by atoms with E-state index in [4.69, 9.17) is 10.5 Å². The van der Waals surface area contributed by atoms with Crippen LogP contribution in [0.15, 0.2) is 23.1 Å². The summed E-state index contributed by atoms with van der Waals surface area (Å²) < 4.78 is 32.7. The Morgan fingerprint density at radius 1 is 1.33 bits per heavy atom. The van der Waals surface area contributed by atoms with Gasteiger partial charge in [0, 0.05) is 17.0 Å². The van der Waals surface area contributed by atoms with E-state index in [2.05, 4.69) is 18.6 Å². The van der Waals surface area contributed by atoms with Gasteiger partial charge in [-0.15, -0.1) is 0 Å². The van der Waals surface area contributed by atoms with Gasteiger partial charge in [0.05, 0.1) is 7.11 Å². The van der Waals surface area contributed by atoms with E-state index in [0.717, 1.165) is 12.8 Å². The molecule has 0 aromatic heterocycles. The molecule has 1 aromatic carbocycles. The van der Waals surface area contributed by atoms with Gasteiger partial charge in [0.25, 0.3) is 0 Å². The topological polar surface area (TPSA) is 81.4 Å². The smallest absolute Gasteiger partial charge is 0.244 e. The van der Waals surface area contributed by atoms with Crippen LogP contribution in [-0.2, 0) is 10.0 Å². The van der Waals surface area contributed by atoms with Crippen LogP contribution in [0, 0.1) is 0 Å². The molecule has 0 radical (unpaired) electrons. The number of rotatable bonds is 8. The Kier molecular flexibility index (Phi) is 6.37. The Bertz CT molecular complexity index is 561. The van der Waals surface area contributed by atoms with Gasteiger partial charge in [-0.3, -0.25) is 0 Å². The van der Waals surface area contributed by atoms with Gasteiger partial charge in [0.15, 0.2) is 0 Å². The van der Waals surface area contributed by atoms with Gasteiger partial charge in [0.1, 0.15) is 10.6 Å². The first kappa shape index (κ1) is 18.1. The van der Waals surface area contributed by atoms with Crippen molar-refractivity contribution in [2.24, 2.45) is 0 Å². The van der Waals surface area contributed by atoms with E-state index in [-0.39, 0.29) is 9.64 Å². The minimum Gasteiger partial charge on any atom is -0.495 e. The molecule has 0 bridgehead atoms. The molecule has 0 saturated heterocycles. The third-order valence-electron chi connectivity index (χ3n) is 3.78. The van der Waals surface area contributed by atoms with E-state index in [1.165, 1.54) is 13.2 Å². The summed E-state index contributed by atoms with van der Waals surface area (Å²) in [5.41, 5.74) is 6.07. The summed E-state index contributed by atoms with van der Waals surface area (Å²) in [5.74, 6) is 0.291. The van der Waals surface area contributed by atoms with E-state index in [9.17, 15) is 8.42 Å². The largest absolute Gasteiger partial charge is 0.495 e. The van der Waals surface area contributed by atoms with E-state index in [1.54, 1.807) is 23.9 Å². The molecule has 5 nitrogen and oxygen atoms in total. The lowest BCUT2D eigenvalue weighted by Gasteiger charge is -2.29. The fraction of sp³-hybridized carbons (Fsp3) is 0.571. The number of sulfonamides is 1. The Labute approximate surface area is 131 Å². The Balaban J connectivity index is 3.05. The number of benzene rings is 1. The Morgan fingerprint density at radius 2 is 1.95 bits per heavy atom. The molecule has 21 heavy (non-hydrogen) atoms. The van der Waals surface area contributed by atoms with Crippen LogP contribution in [0.5, 0.6) is 5.75 Å². The van der Waals surface area contributed by atoms with Crippen LogP contribution in [0.4, 0.5) is 5.69 Å². The predicted molar refractivity (Wildman–Crippen MR) is 89.4 cm³/mol. The molecule has 0 amide bonds. The van der Waals surface area contributed by atoms with Crippen LogP contribution in [-0.4, -0.2) is 33.1 Å². The van der Waals surface area contributed by atoms with Crippen molar-refractivity contribution in [1.29, 1.82) is 0 Å². The molecule has 0 aliphatic rings. The summed E-state index contributed by atoms with van der Waals surface area (Å²) in [6.07, 6.45) is 3.78. The highest BCUT2D eigenvalue weighted by Crippen LogP contribution is 2.31. The van der Waals surface area contributed by atoms with Crippen molar-refractivity contribution < 1.29 is 13.2 Å². The number of hydrogen-bond donors (Lipinski definition) is 2. The first-order valence-electron chi connectivity index (χ1n) is 6.82. The van der Waals surface area contributed by atoms with Crippen LogP contribution in [0.1, 0.15) is 26.7 Å². The molecule has 1 aromatic rings. The van der Waals surface area contributed by atoms with Gasteiger partial charge in [0.2, 0.25) is 10.0 Å². The normalized spacial score (nSPS) is 12.4. The summed E-state index contributed by atoms with van der Waals surface area (Å²) in [4.78, 5) is 0.0761. The quantitative estimate of drug-likeness (QED) is 0.715. The molecular weight excluding hydrogens is 308 g/mol. The standard InChI is InChI=1S/C14H24N2O3S2/c1-5-14(6-2,20-4)10-16-21(17,18)13-9-11(15)7-8-12(13)19-3/h7-9,16H,5-6,10,15H2,1-4H3. The van der Waals surface area contributed by atoms with Crippen molar-refractivity contribution in [2.75, 3.05) is 25.6 Å². The lowest BCUT2D eigenvalue weighted by molar-refractivity contribution is 0.402. The van der Waals surface area contributed by atoms with Crippen molar-refractivity contribution >= 4 is 27.5 Å². The van der Waals surface area contributed by atoms with E-state index in [0.29, 0.717) is 18.0 Å². The van der Waals surface area contributed by atoms with Gasteiger partial charge in [-0.1, -0.05) is 13.8 Å². The van der Waals surface area contributed by atoms with Crippen LogP contribution < -0.4 is 15.2 Å². The fourth-order valence-corrected chi connectivity index (χ4v) is 4.28. The Hall–Kier alpha value is -0.920. The van der Waals surface area contributed by atoms with Crippen molar-refractivity contribution in [3.63, 3.8) is 0 Å². The number of nitrogens with one attached hydrogen (secondary N) is 1. The van der Waals surface area contributed by atoms with Gasteiger partial charge in [-0.25, -0.2) is 13.1 Å². The van der Waals surface area contributed by atoms with Crippen molar-refractivity contribution in [3.05, 3.63) is 18.2 Å². The zero-order valence-electron chi connectivity index (χ0n) is 13.0. The molecule has 1 rings (SSSR count). The molecule has 3 N–H and O–H groups in total. The molecule has 0 heterocycles. The minimum absolute atomic E-state index is 0.0761. The zero-order chi connectivity index (χ0) is 16.1. The summed E-state index contributed by atoms with van der Waals surface area (Å²) in [5, 5.41) is 0. The van der Waals surface area contributed by atoms with Crippen molar-refractivity contribution in [2.45, 2.75) is 36.3 Å². The van der Waals surface area contributed by atoms with Crippen molar-refractivity contribution in [1.82, 2.24) is 4.72 Å². The first-order chi connectivity index (χ1) is 9.84. The number of anilines is 1. The minimum atomic E-state index is -3.66. The number of thioether (sulfide) groups is 1. The molecule has 120 valence electrons. The average molecular weight is 332 g/mol. The maximum atomic E-state index is 12.5. The second-order valence-corrected chi connectivity index (χ2v) is 7.84. The number of nitrogens with two attached hydrogens (primary N) is 1. The summed E-state index contributed by atoms with van der Waals surface area (Å²) >= 11 is 1.68. The zero-order valence-corrected chi connectivity index (χ0v) is 14.6. The predicted octanol–water partition coefficient (Wildman–Crippen LogP) is 2.48. The van der Waals surface area contributed by atoms with Crippen LogP contribution in [0.3, 0.4) is 0 Å². The maximum absolute atomic E-state index is 12.5. The van der Waals surface area contributed by atoms with E-state index >= 15 is 0 Å². The third kappa shape index (κ3) is 4.28. The lowest BCUT2D eigenvalue weighted by atomic mass is 10.0. The number of nitrogen functional groups attached to an aromatic ring is 1. The monoisotopic (exact) mass is 332 g/mol. The molecule has 0 aliphatic heterocycles. The molecule has 0 spiro atoms.